The molecule has 0 amide bonds. The van der Waals surface area contributed by atoms with Gasteiger partial charge < -0.3 is 9.84 Å². The van der Waals surface area contributed by atoms with Crippen LogP contribution in [-0.2, 0) is 16.6 Å². The summed E-state index contributed by atoms with van der Waals surface area (Å²) in [5.74, 6) is -0.894. The summed E-state index contributed by atoms with van der Waals surface area (Å²) in [6.07, 6.45) is -1.19. The van der Waals surface area contributed by atoms with E-state index in [1.165, 1.54) is 42.1 Å². The number of aromatic hydroxyl groups is 1. The average Bonchev–Trinajstić information content (AvgIpc) is 2.85. The number of sulfonamides is 1. The normalized spacial score (nSPS) is 12.0. The van der Waals surface area contributed by atoms with Crippen molar-refractivity contribution in [2.45, 2.75) is 19.8 Å². The fourth-order valence-corrected chi connectivity index (χ4v) is 3.46. The second-order valence-corrected chi connectivity index (χ2v) is 8.31. The third-order valence-corrected chi connectivity index (χ3v) is 4.82. The maximum Gasteiger partial charge on any atom is 0.573 e. The summed E-state index contributed by atoms with van der Waals surface area (Å²) in [7, 11) is -3.60. The van der Waals surface area contributed by atoms with Gasteiger partial charge in [0.15, 0.2) is 0 Å². The lowest BCUT2D eigenvalue weighted by molar-refractivity contribution is -0.274. The number of halogens is 3. The van der Waals surface area contributed by atoms with Crippen molar-refractivity contribution >= 4 is 15.7 Å². The van der Waals surface area contributed by atoms with Crippen LogP contribution in [0.25, 0.3) is 5.69 Å². The Morgan fingerprint density at radius 2 is 1.84 bits per heavy atom. The van der Waals surface area contributed by atoms with E-state index >= 15 is 0 Å². The largest absolute Gasteiger partial charge is 0.573 e. The maximum absolute atomic E-state index is 12.9. The number of ether oxygens (including phenoxy) is 1. The number of hydrogen-bond donors (Lipinski definition) is 2. The molecular weight excluding hydrogens is 441 g/mol. The number of pyridine rings is 1. The Morgan fingerprint density at radius 1 is 1.19 bits per heavy atom. The van der Waals surface area contributed by atoms with Gasteiger partial charge in [0, 0.05) is 6.20 Å². The molecule has 31 heavy (non-hydrogen) atoms. The Hall–Kier alpha value is -3.48. The Balaban J connectivity index is 1.98. The Labute approximate surface area is 174 Å². The zero-order valence-electron chi connectivity index (χ0n) is 16.2. The number of nitrogens with one attached hydrogen (secondary N) is 1. The second kappa shape index (κ2) is 7.98. The van der Waals surface area contributed by atoms with Crippen LogP contribution in [0.15, 0.2) is 47.5 Å². The van der Waals surface area contributed by atoms with Crippen LogP contribution in [0.5, 0.6) is 11.6 Å². The molecule has 166 valence electrons. The molecule has 0 aliphatic heterocycles. The van der Waals surface area contributed by atoms with E-state index in [0.717, 1.165) is 23.0 Å². The summed E-state index contributed by atoms with van der Waals surface area (Å²) in [6.45, 7) is 1.38. The Kier molecular flexibility index (Phi) is 5.72. The van der Waals surface area contributed by atoms with Crippen molar-refractivity contribution < 1.29 is 31.4 Å². The summed E-state index contributed by atoms with van der Waals surface area (Å²) in [5.41, 5.74) is 0.182. The van der Waals surface area contributed by atoms with Crippen molar-refractivity contribution in [1.29, 1.82) is 0 Å². The van der Waals surface area contributed by atoms with Gasteiger partial charge in [0.1, 0.15) is 5.75 Å². The first-order valence-electron chi connectivity index (χ1n) is 8.63. The van der Waals surface area contributed by atoms with Crippen molar-refractivity contribution in [3.05, 3.63) is 64.5 Å². The highest BCUT2D eigenvalue weighted by atomic mass is 32.2. The van der Waals surface area contributed by atoms with Gasteiger partial charge in [-0.2, -0.15) is 0 Å². The molecule has 3 rings (SSSR count). The smallest absolute Gasteiger partial charge is 0.493 e. The third kappa shape index (κ3) is 5.17. The van der Waals surface area contributed by atoms with Crippen molar-refractivity contribution in [2.75, 3.05) is 11.0 Å². The van der Waals surface area contributed by atoms with Gasteiger partial charge in [-0.3, -0.25) is 14.3 Å². The van der Waals surface area contributed by atoms with Crippen molar-refractivity contribution in [3.63, 3.8) is 0 Å². The molecule has 0 saturated carbocycles. The van der Waals surface area contributed by atoms with Crippen LogP contribution in [0.1, 0.15) is 11.3 Å². The number of imidazole rings is 1. The number of anilines is 1. The van der Waals surface area contributed by atoms with E-state index < -0.39 is 33.7 Å². The Bertz CT molecular complexity index is 1260. The number of hydrogen-bond acceptors (Lipinski definition) is 6. The van der Waals surface area contributed by atoms with Gasteiger partial charge in [0.2, 0.25) is 15.9 Å². The van der Waals surface area contributed by atoms with E-state index in [1.807, 2.05) is 0 Å². The molecule has 0 radical (unpaired) electrons. The van der Waals surface area contributed by atoms with Gasteiger partial charge in [-0.1, -0.05) is 0 Å². The highest BCUT2D eigenvalue weighted by molar-refractivity contribution is 7.92. The summed E-state index contributed by atoms with van der Waals surface area (Å²) >= 11 is 0. The van der Waals surface area contributed by atoms with Crippen LogP contribution in [0, 0.1) is 6.92 Å². The molecule has 0 saturated heterocycles. The quantitative estimate of drug-likeness (QED) is 0.586. The van der Waals surface area contributed by atoms with Crippen LogP contribution in [-0.4, -0.2) is 40.3 Å². The SMILES string of the molecule is Cc1c(O)n(-c2ccc(OC(F)(F)F)cc2)c(=O)n1Cc1ccncc1NS(C)(=O)=O. The lowest BCUT2D eigenvalue weighted by Crippen LogP contribution is -2.25. The van der Waals surface area contributed by atoms with Crippen LogP contribution in [0.2, 0.25) is 0 Å². The number of nitrogens with zero attached hydrogens (tertiary/aromatic N) is 3. The maximum atomic E-state index is 12.9. The van der Waals surface area contributed by atoms with E-state index in [1.54, 1.807) is 0 Å². The predicted molar refractivity (Wildman–Crippen MR) is 105 cm³/mol. The molecule has 0 bridgehead atoms. The highest BCUT2D eigenvalue weighted by Crippen LogP contribution is 2.26. The molecule has 0 fully saturated rings. The number of rotatable bonds is 6. The molecule has 2 aromatic heterocycles. The standard InChI is InChI=1S/C18H17F3N4O5S/c1-11-16(26)25(13-3-5-14(6-4-13)30-18(19,20)21)17(27)24(11)10-12-7-8-22-9-15(12)23-31(2,28)29/h3-9,23,26H,10H2,1-2H3. The number of alkyl halides is 3. The van der Waals surface area contributed by atoms with E-state index in [0.29, 0.717) is 5.56 Å². The fraction of sp³-hybridized carbons (Fsp3) is 0.222. The van der Waals surface area contributed by atoms with Crippen LogP contribution in [0.4, 0.5) is 18.9 Å². The zero-order chi connectivity index (χ0) is 23.0. The topological polar surface area (TPSA) is 115 Å². The minimum Gasteiger partial charge on any atom is -0.493 e. The predicted octanol–water partition coefficient (Wildman–Crippen LogP) is 2.37. The van der Waals surface area contributed by atoms with E-state index in [-0.39, 0.29) is 23.6 Å². The molecule has 2 N–H and O–H groups in total. The fourth-order valence-electron chi connectivity index (χ4n) is 2.88. The molecule has 0 atom stereocenters. The summed E-state index contributed by atoms with van der Waals surface area (Å²) in [4.78, 5) is 16.8. The van der Waals surface area contributed by atoms with E-state index in [9.17, 15) is 31.5 Å². The van der Waals surface area contributed by atoms with Gasteiger partial charge in [0.05, 0.1) is 36.1 Å². The van der Waals surface area contributed by atoms with Crippen molar-refractivity contribution in [2.24, 2.45) is 0 Å². The molecule has 0 aliphatic carbocycles. The van der Waals surface area contributed by atoms with Gasteiger partial charge >= 0.3 is 12.1 Å². The minimum absolute atomic E-state index is 0.0964. The summed E-state index contributed by atoms with van der Waals surface area (Å²) in [5, 5.41) is 10.4. The second-order valence-electron chi connectivity index (χ2n) is 6.56. The average molecular weight is 458 g/mol. The molecule has 3 aromatic rings. The summed E-state index contributed by atoms with van der Waals surface area (Å²) < 4.78 is 68.3. The van der Waals surface area contributed by atoms with Gasteiger partial charge in [-0.05, 0) is 42.8 Å². The molecule has 0 spiro atoms. The molecule has 13 heteroatoms. The zero-order valence-corrected chi connectivity index (χ0v) is 17.0. The third-order valence-electron chi connectivity index (χ3n) is 4.23. The first-order valence-corrected chi connectivity index (χ1v) is 10.5. The van der Waals surface area contributed by atoms with Gasteiger partial charge in [0.25, 0.3) is 0 Å². The Morgan fingerprint density at radius 3 is 2.42 bits per heavy atom. The first-order chi connectivity index (χ1) is 14.4. The van der Waals surface area contributed by atoms with Crippen molar-refractivity contribution in [1.82, 2.24) is 14.1 Å². The van der Waals surface area contributed by atoms with Crippen LogP contribution in [0.3, 0.4) is 0 Å². The molecule has 1 aromatic carbocycles. The lowest BCUT2D eigenvalue weighted by atomic mass is 10.2. The molecule has 0 aliphatic rings. The van der Waals surface area contributed by atoms with Gasteiger partial charge in [-0.25, -0.2) is 17.8 Å². The molecule has 0 unspecified atom stereocenters. The van der Waals surface area contributed by atoms with Crippen LogP contribution < -0.4 is 15.1 Å². The summed E-state index contributed by atoms with van der Waals surface area (Å²) in [6, 6.07) is 5.91. The van der Waals surface area contributed by atoms with E-state index in [4.69, 9.17) is 0 Å². The van der Waals surface area contributed by atoms with Gasteiger partial charge in [-0.15, -0.1) is 13.2 Å². The first kappa shape index (κ1) is 22.2. The van der Waals surface area contributed by atoms with Crippen LogP contribution >= 0.6 is 0 Å². The molecule has 9 nitrogen and oxygen atoms in total. The van der Waals surface area contributed by atoms with Crippen molar-refractivity contribution in [3.8, 4) is 17.3 Å². The molecular formula is C18H17F3N4O5S. The minimum atomic E-state index is -4.86. The lowest BCUT2D eigenvalue weighted by Gasteiger charge is -2.11. The van der Waals surface area contributed by atoms with E-state index in [2.05, 4.69) is 14.4 Å². The number of benzene rings is 1. The highest BCUT2D eigenvalue weighted by Gasteiger charge is 2.31. The monoisotopic (exact) mass is 458 g/mol. The molecule has 2 heterocycles. The number of aromatic nitrogens is 3.